The zero-order valence-corrected chi connectivity index (χ0v) is 14.7. The van der Waals surface area contributed by atoms with Gasteiger partial charge in [-0.2, -0.15) is 0 Å². The number of carbonyl (C=O) groups is 1. The molecule has 0 saturated heterocycles. The molecule has 3 rings (SSSR count). The highest BCUT2D eigenvalue weighted by molar-refractivity contribution is 9.10. The summed E-state index contributed by atoms with van der Waals surface area (Å²) in [6, 6.07) is 8.22. The summed E-state index contributed by atoms with van der Waals surface area (Å²) in [5, 5.41) is 0. The number of benzene rings is 1. The number of nitrogens with zero attached hydrogens (tertiary/aromatic N) is 2. The van der Waals surface area contributed by atoms with E-state index in [4.69, 9.17) is 4.99 Å². The molecule has 1 heterocycles. The second-order valence-corrected chi connectivity index (χ2v) is 7.30. The molecule has 1 saturated carbocycles. The Morgan fingerprint density at radius 1 is 1.27 bits per heavy atom. The molecule has 0 atom stereocenters. The highest BCUT2D eigenvalue weighted by atomic mass is 79.9. The maximum absolute atomic E-state index is 13.0. The van der Waals surface area contributed by atoms with Crippen LogP contribution in [0.2, 0.25) is 0 Å². The first kappa shape index (κ1) is 15.7. The maximum atomic E-state index is 13.0. The predicted octanol–water partition coefficient (Wildman–Crippen LogP) is 4.69. The van der Waals surface area contributed by atoms with Gasteiger partial charge in [0.05, 0.1) is 6.54 Å². The molecule has 0 aromatic heterocycles. The van der Waals surface area contributed by atoms with Crippen LogP contribution in [0, 0.1) is 0 Å². The molecule has 0 unspecified atom stereocenters. The first-order chi connectivity index (χ1) is 10.6. The Morgan fingerprint density at radius 3 is 2.59 bits per heavy atom. The van der Waals surface area contributed by atoms with E-state index in [0.717, 1.165) is 60.8 Å². The van der Waals surface area contributed by atoms with Crippen LogP contribution in [0.25, 0.3) is 0 Å². The summed E-state index contributed by atoms with van der Waals surface area (Å²) in [7, 11) is 0. The number of hydrogen-bond donors (Lipinski definition) is 0. The lowest BCUT2D eigenvalue weighted by molar-refractivity contribution is -0.131. The molecule has 2 aliphatic rings. The van der Waals surface area contributed by atoms with Gasteiger partial charge >= 0.3 is 0 Å². The van der Waals surface area contributed by atoms with Gasteiger partial charge in [-0.25, -0.2) is 0 Å². The van der Waals surface area contributed by atoms with E-state index in [1.807, 2.05) is 17.0 Å². The van der Waals surface area contributed by atoms with E-state index in [1.165, 1.54) is 0 Å². The molecule has 118 valence electrons. The summed E-state index contributed by atoms with van der Waals surface area (Å²) in [5.74, 6) is 1.25. The molecule has 4 heteroatoms. The van der Waals surface area contributed by atoms with Gasteiger partial charge < -0.3 is 0 Å². The van der Waals surface area contributed by atoms with Gasteiger partial charge in [-0.1, -0.05) is 54.2 Å². The van der Waals surface area contributed by atoms with Crippen molar-refractivity contribution >= 4 is 27.7 Å². The van der Waals surface area contributed by atoms with Crippen molar-refractivity contribution in [3.05, 3.63) is 34.3 Å². The van der Waals surface area contributed by atoms with Gasteiger partial charge in [0.2, 0.25) is 0 Å². The third-order valence-corrected chi connectivity index (χ3v) is 5.27. The van der Waals surface area contributed by atoms with Crippen molar-refractivity contribution in [2.45, 2.75) is 64.0 Å². The number of rotatable bonds is 5. The van der Waals surface area contributed by atoms with Crippen LogP contribution in [0.5, 0.6) is 0 Å². The quantitative estimate of drug-likeness (QED) is 0.745. The van der Waals surface area contributed by atoms with Gasteiger partial charge in [-0.15, -0.1) is 0 Å². The van der Waals surface area contributed by atoms with Gasteiger partial charge in [0, 0.05) is 10.9 Å². The largest absolute Gasteiger partial charge is 0.294 e. The predicted molar refractivity (Wildman–Crippen MR) is 92.9 cm³/mol. The summed E-state index contributed by atoms with van der Waals surface area (Å²) in [6.07, 6.45) is 7.26. The van der Waals surface area contributed by atoms with Crippen molar-refractivity contribution in [3.8, 4) is 0 Å². The Morgan fingerprint density at radius 2 is 1.95 bits per heavy atom. The molecular weight excluding hydrogens is 342 g/mol. The molecule has 1 fully saturated rings. The zero-order valence-electron chi connectivity index (χ0n) is 13.1. The lowest BCUT2D eigenvalue weighted by atomic mass is 9.99. The van der Waals surface area contributed by atoms with Crippen molar-refractivity contribution in [1.82, 2.24) is 4.90 Å². The minimum atomic E-state index is -0.418. The van der Waals surface area contributed by atoms with Crippen molar-refractivity contribution in [3.63, 3.8) is 0 Å². The van der Waals surface area contributed by atoms with E-state index >= 15 is 0 Å². The zero-order chi connectivity index (χ0) is 15.6. The SMILES string of the molecule is CCCCC1=NC2(CCCC2)C(=O)N1[14CH2]c1ccc(Br)cc1. The molecule has 22 heavy (non-hydrogen) atoms. The number of aliphatic imine (C=N–C) groups is 1. The van der Waals surface area contributed by atoms with Crippen molar-refractivity contribution in [2.75, 3.05) is 0 Å². The third-order valence-electron chi connectivity index (χ3n) is 4.74. The Kier molecular flexibility index (Phi) is 4.67. The maximum Gasteiger partial charge on any atom is 0.256 e. The van der Waals surface area contributed by atoms with Gasteiger partial charge in [0.1, 0.15) is 11.4 Å². The van der Waals surface area contributed by atoms with Crippen LogP contribution in [0.3, 0.4) is 0 Å². The lowest BCUT2D eigenvalue weighted by Gasteiger charge is -2.22. The summed E-state index contributed by atoms with van der Waals surface area (Å²) in [5.41, 5.74) is 0.745. The Bertz CT molecular complexity index is 573. The number of carbonyl (C=O) groups excluding carboxylic acids is 1. The fourth-order valence-corrected chi connectivity index (χ4v) is 3.73. The number of amidine groups is 1. The summed E-state index contributed by atoms with van der Waals surface area (Å²) < 4.78 is 1.07. The van der Waals surface area contributed by atoms with E-state index in [9.17, 15) is 4.79 Å². The number of unbranched alkanes of at least 4 members (excludes halogenated alkanes) is 1. The molecule has 1 aliphatic heterocycles. The van der Waals surface area contributed by atoms with E-state index in [0.29, 0.717) is 6.54 Å². The van der Waals surface area contributed by atoms with Crippen LogP contribution in [0.4, 0.5) is 0 Å². The van der Waals surface area contributed by atoms with E-state index in [-0.39, 0.29) is 5.91 Å². The number of hydrogen-bond acceptors (Lipinski definition) is 2. The first-order valence-corrected chi connectivity index (χ1v) is 9.09. The van der Waals surface area contributed by atoms with Crippen molar-refractivity contribution in [1.29, 1.82) is 0 Å². The Hall–Kier alpha value is -1.16. The Labute approximate surface area is 140 Å². The molecule has 0 radical (unpaired) electrons. The number of amides is 1. The molecule has 1 aromatic carbocycles. The highest BCUT2D eigenvalue weighted by Crippen LogP contribution is 2.40. The Balaban J connectivity index is 1.82. The standard InChI is InChI=1S/C18H23BrN2O/c1-2-3-6-16-20-18(11-4-5-12-18)17(22)21(16)13-14-7-9-15(19)10-8-14/h7-10H,2-6,11-13H2,1H3/i13+2. The fraction of sp³-hybridized carbons (Fsp3) is 0.556. The van der Waals surface area contributed by atoms with Crippen LogP contribution in [0.1, 0.15) is 57.4 Å². The van der Waals surface area contributed by atoms with Crippen LogP contribution in [-0.4, -0.2) is 22.2 Å². The summed E-state index contributed by atoms with van der Waals surface area (Å²) in [4.78, 5) is 19.8. The summed E-state index contributed by atoms with van der Waals surface area (Å²) in [6.45, 7) is 2.83. The third kappa shape index (κ3) is 2.98. The smallest absolute Gasteiger partial charge is 0.256 e. The van der Waals surface area contributed by atoms with E-state index in [1.54, 1.807) is 0 Å². The van der Waals surface area contributed by atoms with Gasteiger partial charge in [0.15, 0.2) is 0 Å². The van der Waals surface area contributed by atoms with Gasteiger partial charge in [0.25, 0.3) is 5.91 Å². The van der Waals surface area contributed by atoms with Crippen LogP contribution in [0.15, 0.2) is 33.7 Å². The molecule has 1 spiro atoms. The fourth-order valence-electron chi connectivity index (χ4n) is 3.47. The molecule has 1 amide bonds. The second-order valence-electron chi connectivity index (χ2n) is 6.39. The minimum Gasteiger partial charge on any atom is -0.294 e. The van der Waals surface area contributed by atoms with Crippen LogP contribution in [-0.2, 0) is 11.3 Å². The average Bonchev–Trinajstić information content (AvgIpc) is 3.09. The lowest BCUT2D eigenvalue weighted by Crippen LogP contribution is -2.40. The molecule has 1 aliphatic carbocycles. The van der Waals surface area contributed by atoms with E-state index in [2.05, 4.69) is 35.0 Å². The normalized spacial score (nSPS) is 20.0. The first-order valence-electron chi connectivity index (χ1n) is 8.30. The van der Waals surface area contributed by atoms with Crippen molar-refractivity contribution in [2.24, 2.45) is 4.99 Å². The van der Waals surface area contributed by atoms with Gasteiger partial charge in [-0.05, 0) is 37.0 Å². The highest BCUT2D eigenvalue weighted by Gasteiger charge is 2.49. The van der Waals surface area contributed by atoms with E-state index < -0.39 is 5.54 Å². The van der Waals surface area contributed by atoms with Crippen LogP contribution < -0.4 is 0 Å². The molecule has 1 aromatic rings. The monoisotopic (exact) mass is 364 g/mol. The molecule has 3 nitrogen and oxygen atoms in total. The van der Waals surface area contributed by atoms with Crippen molar-refractivity contribution < 1.29 is 4.79 Å². The molecule has 0 N–H and O–H groups in total. The number of halogens is 1. The van der Waals surface area contributed by atoms with Crippen LogP contribution >= 0.6 is 15.9 Å². The van der Waals surface area contributed by atoms with Gasteiger partial charge in [-0.3, -0.25) is 14.7 Å². The summed E-state index contributed by atoms with van der Waals surface area (Å²) >= 11 is 3.46. The molecular formula is C18H23BrN2O. The minimum absolute atomic E-state index is 0.235. The topological polar surface area (TPSA) is 32.7 Å². The average molecular weight is 365 g/mol. The molecule has 0 bridgehead atoms. The second kappa shape index (κ2) is 6.53.